The van der Waals surface area contributed by atoms with Crippen molar-refractivity contribution in [2.24, 2.45) is 0 Å². The van der Waals surface area contributed by atoms with Gasteiger partial charge in [0.25, 0.3) is 5.91 Å². The molecule has 1 unspecified atom stereocenters. The minimum atomic E-state index is -2.99. The highest BCUT2D eigenvalue weighted by molar-refractivity contribution is 7.91. The number of pyridine rings is 1. The summed E-state index contributed by atoms with van der Waals surface area (Å²) in [7, 11) is -1.18. The molecule has 1 aliphatic heterocycles. The maximum Gasteiger partial charge on any atom is 0.257 e. The number of hydrogen-bond acceptors (Lipinski definition) is 6. The standard InChI is InChI=1S/C18H18N4O3S/c1-22(16-5-6-26(24,25)12-16)17-8-14(10-20-11-17)18(23)21-15-4-2-3-13(7-15)9-19/h2-4,7-8,10-11,16H,5-6,12H2,1H3,(H,21,23). The Labute approximate surface area is 152 Å². The second-order valence-electron chi connectivity index (χ2n) is 6.25. The minimum Gasteiger partial charge on any atom is -0.369 e. The number of carbonyl (C=O) groups is 1. The smallest absolute Gasteiger partial charge is 0.257 e. The maximum absolute atomic E-state index is 12.5. The van der Waals surface area contributed by atoms with Crippen molar-refractivity contribution in [1.82, 2.24) is 4.98 Å². The molecule has 1 atom stereocenters. The summed E-state index contributed by atoms with van der Waals surface area (Å²) in [6.07, 6.45) is 3.63. The molecule has 2 heterocycles. The predicted molar refractivity (Wildman–Crippen MR) is 98.8 cm³/mol. The topological polar surface area (TPSA) is 103 Å². The van der Waals surface area contributed by atoms with Gasteiger partial charge >= 0.3 is 0 Å². The van der Waals surface area contributed by atoms with Crippen LogP contribution < -0.4 is 10.2 Å². The molecule has 134 valence electrons. The predicted octanol–water partition coefficient (Wildman–Crippen LogP) is 1.83. The highest BCUT2D eigenvalue weighted by Crippen LogP contribution is 2.23. The number of nitrogens with zero attached hydrogens (tertiary/aromatic N) is 3. The van der Waals surface area contributed by atoms with Gasteiger partial charge in [-0.1, -0.05) is 6.07 Å². The summed E-state index contributed by atoms with van der Waals surface area (Å²) in [4.78, 5) is 18.4. The second-order valence-corrected chi connectivity index (χ2v) is 8.48. The minimum absolute atomic E-state index is 0.112. The van der Waals surface area contributed by atoms with Gasteiger partial charge in [-0.15, -0.1) is 0 Å². The Hall–Kier alpha value is -2.92. The van der Waals surface area contributed by atoms with E-state index < -0.39 is 9.84 Å². The first kappa shape index (κ1) is 17.9. The molecule has 1 N–H and O–H groups in total. The number of aromatic nitrogens is 1. The van der Waals surface area contributed by atoms with Gasteiger partial charge in [-0.25, -0.2) is 8.42 Å². The number of anilines is 2. The molecule has 26 heavy (non-hydrogen) atoms. The lowest BCUT2D eigenvalue weighted by Crippen LogP contribution is -2.32. The quantitative estimate of drug-likeness (QED) is 0.881. The molecule has 0 bridgehead atoms. The highest BCUT2D eigenvalue weighted by atomic mass is 32.2. The lowest BCUT2D eigenvalue weighted by Gasteiger charge is -2.25. The molecule has 1 aromatic heterocycles. The number of carbonyl (C=O) groups excluding carboxylic acids is 1. The van der Waals surface area contributed by atoms with Crippen molar-refractivity contribution in [1.29, 1.82) is 5.26 Å². The van der Waals surface area contributed by atoms with E-state index in [0.29, 0.717) is 28.9 Å². The number of sulfone groups is 1. The van der Waals surface area contributed by atoms with Crippen LogP contribution in [0.3, 0.4) is 0 Å². The van der Waals surface area contributed by atoms with Crippen LogP contribution in [0, 0.1) is 11.3 Å². The van der Waals surface area contributed by atoms with Crippen molar-refractivity contribution in [2.75, 3.05) is 28.8 Å². The van der Waals surface area contributed by atoms with Crippen LogP contribution in [0.5, 0.6) is 0 Å². The maximum atomic E-state index is 12.5. The van der Waals surface area contributed by atoms with Gasteiger partial charge in [0.2, 0.25) is 0 Å². The number of rotatable bonds is 4. The van der Waals surface area contributed by atoms with Crippen molar-refractivity contribution < 1.29 is 13.2 Å². The highest BCUT2D eigenvalue weighted by Gasteiger charge is 2.31. The average Bonchev–Trinajstić information content (AvgIpc) is 3.01. The third-order valence-corrected chi connectivity index (χ3v) is 6.15. The SMILES string of the molecule is CN(c1cncc(C(=O)Nc2cccc(C#N)c2)c1)C1CCS(=O)(=O)C1. The zero-order valence-corrected chi connectivity index (χ0v) is 15.0. The van der Waals surface area contributed by atoms with Crippen LogP contribution in [0.15, 0.2) is 42.7 Å². The first-order valence-electron chi connectivity index (χ1n) is 8.08. The van der Waals surface area contributed by atoms with E-state index in [0.717, 1.165) is 0 Å². The average molecular weight is 370 g/mol. The molecule has 1 amide bonds. The number of nitriles is 1. The van der Waals surface area contributed by atoms with Crippen LogP contribution in [0.2, 0.25) is 0 Å². The van der Waals surface area contributed by atoms with Gasteiger partial charge in [0.05, 0.1) is 40.6 Å². The summed E-state index contributed by atoms with van der Waals surface area (Å²) in [5, 5.41) is 11.7. The van der Waals surface area contributed by atoms with E-state index in [1.807, 2.05) is 11.0 Å². The Morgan fingerprint density at radius 3 is 2.85 bits per heavy atom. The molecule has 8 heteroatoms. The molecule has 1 aromatic carbocycles. The van der Waals surface area contributed by atoms with E-state index in [1.54, 1.807) is 43.6 Å². The molecule has 3 rings (SSSR count). The van der Waals surface area contributed by atoms with Gasteiger partial charge in [0.1, 0.15) is 0 Å². The van der Waals surface area contributed by atoms with Crippen molar-refractivity contribution >= 4 is 27.1 Å². The fourth-order valence-corrected chi connectivity index (χ4v) is 4.68. The van der Waals surface area contributed by atoms with Gasteiger partial charge in [-0.05, 0) is 30.7 Å². The van der Waals surface area contributed by atoms with Gasteiger partial charge in [0, 0.05) is 25.0 Å². The Kier molecular flexibility index (Phi) is 4.91. The fraction of sp³-hybridized carbons (Fsp3) is 0.278. The first-order chi connectivity index (χ1) is 12.4. The normalized spacial score (nSPS) is 18.1. The molecule has 0 aliphatic carbocycles. The zero-order valence-electron chi connectivity index (χ0n) is 14.2. The Morgan fingerprint density at radius 1 is 1.35 bits per heavy atom. The molecule has 1 saturated heterocycles. The Balaban J connectivity index is 1.76. The van der Waals surface area contributed by atoms with E-state index in [9.17, 15) is 13.2 Å². The molecular formula is C18H18N4O3S. The molecule has 1 fully saturated rings. The van der Waals surface area contributed by atoms with Crippen molar-refractivity contribution in [3.05, 3.63) is 53.9 Å². The molecule has 0 radical (unpaired) electrons. The summed E-state index contributed by atoms with van der Waals surface area (Å²) in [5.74, 6) is -0.0481. The third-order valence-electron chi connectivity index (χ3n) is 4.40. The van der Waals surface area contributed by atoms with Gasteiger partial charge in [0.15, 0.2) is 9.84 Å². The summed E-state index contributed by atoms with van der Waals surface area (Å²) >= 11 is 0. The lowest BCUT2D eigenvalue weighted by atomic mass is 10.1. The summed E-state index contributed by atoms with van der Waals surface area (Å²) in [6, 6.07) is 10.2. The van der Waals surface area contributed by atoms with Crippen LogP contribution >= 0.6 is 0 Å². The van der Waals surface area contributed by atoms with Crippen molar-refractivity contribution in [3.8, 4) is 6.07 Å². The Morgan fingerprint density at radius 2 is 2.15 bits per heavy atom. The van der Waals surface area contributed by atoms with Crippen LogP contribution in [0.4, 0.5) is 11.4 Å². The van der Waals surface area contributed by atoms with Gasteiger partial charge in [-0.3, -0.25) is 9.78 Å². The number of hydrogen-bond donors (Lipinski definition) is 1. The van der Waals surface area contributed by atoms with Crippen LogP contribution in [0.1, 0.15) is 22.3 Å². The van der Waals surface area contributed by atoms with E-state index in [-0.39, 0.29) is 23.5 Å². The van der Waals surface area contributed by atoms with E-state index >= 15 is 0 Å². The lowest BCUT2D eigenvalue weighted by molar-refractivity contribution is 0.102. The monoisotopic (exact) mass is 370 g/mol. The van der Waals surface area contributed by atoms with Gasteiger partial charge < -0.3 is 10.2 Å². The number of benzene rings is 1. The molecular weight excluding hydrogens is 352 g/mol. The van der Waals surface area contributed by atoms with E-state index in [2.05, 4.69) is 10.3 Å². The van der Waals surface area contributed by atoms with Crippen LogP contribution in [-0.2, 0) is 9.84 Å². The Bertz CT molecular complexity index is 982. The van der Waals surface area contributed by atoms with Crippen molar-refractivity contribution in [2.45, 2.75) is 12.5 Å². The first-order valence-corrected chi connectivity index (χ1v) is 9.90. The fourth-order valence-electron chi connectivity index (χ4n) is 2.91. The summed E-state index contributed by atoms with van der Waals surface area (Å²) in [6.45, 7) is 0. The molecule has 0 saturated carbocycles. The molecule has 2 aromatic rings. The second kappa shape index (κ2) is 7.14. The van der Waals surface area contributed by atoms with Gasteiger partial charge in [-0.2, -0.15) is 5.26 Å². The van der Waals surface area contributed by atoms with Crippen LogP contribution in [-0.4, -0.2) is 43.9 Å². The van der Waals surface area contributed by atoms with E-state index in [1.165, 1.54) is 6.20 Å². The molecule has 1 aliphatic rings. The van der Waals surface area contributed by atoms with Crippen molar-refractivity contribution in [3.63, 3.8) is 0 Å². The summed E-state index contributed by atoms with van der Waals surface area (Å²) in [5.41, 5.74) is 2.02. The molecule has 7 nitrogen and oxygen atoms in total. The summed E-state index contributed by atoms with van der Waals surface area (Å²) < 4.78 is 23.4. The number of nitrogens with one attached hydrogen (secondary N) is 1. The number of amides is 1. The largest absolute Gasteiger partial charge is 0.369 e. The third kappa shape index (κ3) is 4.00. The van der Waals surface area contributed by atoms with E-state index in [4.69, 9.17) is 5.26 Å². The van der Waals surface area contributed by atoms with Crippen LogP contribution in [0.25, 0.3) is 0 Å². The zero-order chi connectivity index (χ0) is 18.7. The molecule has 0 spiro atoms.